The van der Waals surface area contributed by atoms with E-state index in [1.807, 2.05) is 0 Å². The fourth-order valence-corrected chi connectivity index (χ4v) is 2.25. The maximum Gasteiger partial charge on any atom is 0.271 e. The Kier molecular flexibility index (Phi) is 3.19. The first-order valence-electron chi connectivity index (χ1n) is 6.49. The fourth-order valence-electron chi connectivity index (χ4n) is 2.25. The van der Waals surface area contributed by atoms with Crippen molar-refractivity contribution >= 4 is 5.88 Å². The van der Waals surface area contributed by atoms with Gasteiger partial charge in [-0.2, -0.15) is 0 Å². The molecule has 1 aliphatic heterocycles. The van der Waals surface area contributed by atoms with Gasteiger partial charge in [0.25, 0.3) is 5.92 Å². The number of rotatable bonds is 2. The summed E-state index contributed by atoms with van der Waals surface area (Å²) in [5.41, 5.74) is 5.97. The summed E-state index contributed by atoms with van der Waals surface area (Å²) < 4.78 is 43.6. The van der Waals surface area contributed by atoms with Crippen molar-refractivity contribution in [1.82, 2.24) is 5.16 Å². The third kappa shape index (κ3) is 2.51. The van der Waals surface area contributed by atoms with Crippen molar-refractivity contribution in [3.05, 3.63) is 23.9 Å². The zero-order chi connectivity index (χ0) is 15.0. The highest BCUT2D eigenvalue weighted by Crippen LogP contribution is 2.44. The molecule has 112 valence electrons. The molecule has 0 saturated carbocycles. The lowest BCUT2D eigenvalue weighted by Crippen LogP contribution is -2.10. The van der Waals surface area contributed by atoms with Crippen molar-refractivity contribution in [3.63, 3.8) is 0 Å². The lowest BCUT2D eigenvalue weighted by Gasteiger charge is -2.18. The maximum absolute atomic E-state index is 13.9. The Morgan fingerprint density at radius 2 is 1.81 bits per heavy atom. The van der Waals surface area contributed by atoms with Gasteiger partial charge in [0.2, 0.25) is 5.88 Å². The molecule has 0 amide bonds. The molecule has 3 rings (SSSR count). The van der Waals surface area contributed by atoms with Crippen LogP contribution in [0.3, 0.4) is 0 Å². The number of alkyl halides is 2. The van der Waals surface area contributed by atoms with Crippen molar-refractivity contribution < 1.29 is 22.8 Å². The third-order valence-corrected chi connectivity index (χ3v) is 3.25. The fraction of sp³-hybridized carbons (Fsp3) is 0.357. The molecule has 0 fully saturated rings. The Hall–Kier alpha value is -2.31. The summed E-state index contributed by atoms with van der Waals surface area (Å²) >= 11 is 0. The molecule has 2 heterocycles. The molecule has 1 aromatic carbocycles. The first-order valence-corrected chi connectivity index (χ1v) is 6.49. The summed E-state index contributed by atoms with van der Waals surface area (Å²) in [6, 6.07) is 2.79. The summed E-state index contributed by atoms with van der Waals surface area (Å²) in [5.74, 6) is -2.36. The lowest BCUT2D eigenvalue weighted by molar-refractivity contribution is 0.0178. The first kappa shape index (κ1) is 13.7. The summed E-state index contributed by atoms with van der Waals surface area (Å²) in [7, 11) is 0. The summed E-state index contributed by atoms with van der Waals surface area (Å²) in [4.78, 5) is 0. The van der Waals surface area contributed by atoms with Gasteiger partial charge in [0.15, 0.2) is 11.5 Å². The van der Waals surface area contributed by atoms with Crippen LogP contribution in [0.25, 0.3) is 11.1 Å². The lowest BCUT2D eigenvalue weighted by atomic mass is 9.97. The van der Waals surface area contributed by atoms with Crippen LogP contribution in [0.15, 0.2) is 22.9 Å². The molecule has 21 heavy (non-hydrogen) atoms. The van der Waals surface area contributed by atoms with Crippen LogP contribution in [0.4, 0.5) is 14.7 Å². The molecule has 1 aromatic heterocycles. The molecule has 0 radical (unpaired) electrons. The molecule has 0 aliphatic carbocycles. The SMILES string of the molecule is CC(F)(F)c1cc2c(cc1-c1cnoc1N)OCCCO2. The van der Waals surface area contributed by atoms with E-state index < -0.39 is 5.92 Å². The number of benzene rings is 1. The van der Waals surface area contributed by atoms with Gasteiger partial charge in [-0.05, 0) is 12.1 Å². The predicted octanol–water partition coefficient (Wildman–Crippen LogP) is 3.20. The Labute approximate surface area is 119 Å². The van der Waals surface area contributed by atoms with Crippen LogP contribution in [0.1, 0.15) is 18.9 Å². The number of halogens is 2. The summed E-state index contributed by atoms with van der Waals surface area (Å²) in [6.07, 6.45) is 2.00. The molecule has 2 aromatic rings. The molecule has 0 bridgehead atoms. The van der Waals surface area contributed by atoms with Crippen LogP contribution in [-0.4, -0.2) is 18.4 Å². The number of anilines is 1. The van der Waals surface area contributed by atoms with Crippen LogP contribution < -0.4 is 15.2 Å². The van der Waals surface area contributed by atoms with Crippen LogP contribution in [0, 0.1) is 0 Å². The van der Waals surface area contributed by atoms with E-state index in [1.54, 1.807) is 0 Å². The molecule has 0 spiro atoms. The number of ether oxygens (including phenoxy) is 2. The number of nitrogens with zero attached hydrogens (tertiary/aromatic N) is 1. The molecular weight excluding hydrogens is 282 g/mol. The van der Waals surface area contributed by atoms with Gasteiger partial charge in [-0.3, -0.25) is 0 Å². The predicted molar refractivity (Wildman–Crippen MR) is 71.5 cm³/mol. The number of hydrogen-bond acceptors (Lipinski definition) is 5. The minimum atomic E-state index is -3.07. The molecular formula is C14H14F2N2O3. The van der Waals surface area contributed by atoms with E-state index >= 15 is 0 Å². The summed E-state index contributed by atoms with van der Waals surface area (Å²) in [5, 5.41) is 3.53. The molecule has 0 atom stereocenters. The number of nitrogen functional groups attached to an aromatic ring is 1. The highest BCUT2D eigenvalue weighted by Gasteiger charge is 2.32. The van der Waals surface area contributed by atoms with E-state index in [1.165, 1.54) is 18.3 Å². The van der Waals surface area contributed by atoms with E-state index in [9.17, 15) is 8.78 Å². The minimum Gasteiger partial charge on any atom is -0.490 e. The average Bonchev–Trinajstić information content (AvgIpc) is 2.71. The second kappa shape index (κ2) is 4.91. The van der Waals surface area contributed by atoms with Crippen LogP contribution in [0.5, 0.6) is 11.5 Å². The Morgan fingerprint density at radius 1 is 1.14 bits per heavy atom. The molecule has 7 heteroatoms. The van der Waals surface area contributed by atoms with Crippen LogP contribution in [0.2, 0.25) is 0 Å². The maximum atomic E-state index is 13.9. The van der Waals surface area contributed by atoms with Gasteiger partial charge >= 0.3 is 0 Å². The van der Waals surface area contributed by atoms with Gasteiger partial charge in [0.05, 0.1) is 25.0 Å². The first-order chi connectivity index (χ1) is 9.97. The number of fused-ring (bicyclic) bond motifs is 1. The third-order valence-electron chi connectivity index (χ3n) is 3.25. The zero-order valence-electron chi connectivity index (χ0n) is 11.4. The van der Waals surface area contributed by atoms with E-state index in [2.05, 4.69) is 5.16 Å². The van der Waals surface area contributed by atoms with Gasteiger partial charge in [-0.15, -0.1) is 0 Å². The molecule has 0 saturated heterocycles. The Morgan fingerprint density at radius 3 is 2.38 bits per heavy atom. The highest BCUT2D eigenvalue weighted by molar-refractivity contribution is 5.77. The van der Waals surface area contributed by atoms with Crippen molar-refractivity contribution in [1.29, 1.82) is 0 Å². The van der Waals surface area contributed by atoms with Crippen molar-refractivity contribution in [2.24, 2.45) is 0 Å². The van der Waals surface area contributed by atoms with Gasteiger partial charge < -0.3 is 19.7 Å². The normalized spacial score (nSPS) is 14.8. The number of hydrogen-bond donors (Lipinski definition) is 1. The van der Waals surface area contributed by atoms with E-state index in [0.29, 0.717) is 36.7 Å². The second-order valence-electron chi connectivity index (χ2n) is 4.89. The highest BCUT2D eigenvalue weighted by atomic mass is 19.3. The topological polar surface area (TPSA) is 70.5 Å². The van der Waals surface area contributed by atoms with Gasteiger partial charge in [0.1, 0.15) is 0 Å². The van der Waals surface area contributed by atoms with Gasteiger partial charge in [0, 0.05) is 24.5 Å². The zero-order valence-corrected chi connectivity index (χ0v) is 11.4. The quantitative estimate of drug-likeness (QED) is 0.921. The monoisotopic (exact) mass is 296 g/mol. The van der Waals surface area contributed by atoms with Crippen molar-refractivity contribution in [2.75, 3.05) is 18.9 Å². The van der Waals surface area contributed by atoms with Crippen LogP contribution >= 0.6 is 0 Å². The Balaban J connectivity index is 2.22. The Bertz CT molecular complexity index is 665. The second-order valence-corrected chi connectivity index (χ2v) is 4.89. The van der Waals surface area contributed by atoms with Gasteiger partial charge in [-0.1, -0.05) is 5.16 Å². The number of nitrogens with two attached hydrogens (primary N) is 1. The molecule has 2 N–H and O–H groups in total. The number of aromatic nitrogens is 1. The van der Waals surface area contributed by atoms with Crippen molar-refractivity contribution in [2.45, 2.75) is 19.3 Å². The minimum absolute atomic E-state index is 0.0185. The smallest absolute Gasteiger partial charge is 0.271 e. The van der Waals surface area contributed by atoms with E-state index in [-0.39, 0.29) is 17.0 Å². The van der Waals surface area contributed by atoms with Gasteiger partial charge in [-0.25, -0.2) is 8.78 Å². The van der Waals surface area contributed by atoms with Crippen molar-refractivity contribution in [3.8, 4) is 22.6 Å². The summed E-state index contributed by atoms with van der Waals surface area (Å²) in [6.45, 7) is 1.71. The standard InChI is InChI=1S/C14H14F2N2O3/c1-14(15,16)10-6-12-11(19-3-2-4-20-12)5-8(10)9-7-18-21-13(9)17/h5-7H,2-4,17H2,1H3. The van der Waals surface area contributed by atoms with Crippen LogP contribution in [-0.2, 0) is 5.92 Å². The van der Waals surface area contributed by atoms with E-state index in [0.717, 1.165) is 6.92 Å². The largest absolute Gasteiger partial charge is 0.490 e. The molecule has 1 aliphatic rings. The molecule has 0 unspecified atom stereocenters. The molecule has 5 nitrogen and oxygen atoms in total. The average molecular weight is 296 g/mol. The van der Waals surface area contributed by atoms with E-state index in [4.69, 9.17) is 19.7 Å².